The number of aliphatic hydroxyl groups is 1. The number of β-amino-alcohol motifs (C(OH)–C–C–N with tert-alkyl or cyclic N) is 1. The summed E-state index contributed by atoms with van der Waals surface area (Å²) in [6.45, 7) is 9.02. The number of aromatic nitrogens is 3. The predicted molar refractivity (Wildman–Crippen MR) is 102 cm³/mol. The van der Waals surface area contributed by atoms with Gasteiger partial charge >= 0.3 is 5.69 Å². The van der Waals surface area contributed by atoms with Crippen LogP contribution in [-0.4, -0.2) is 55.9 Å². The summed E-state index contributed by atoms with van der Waals surface area (Å²) in [6, 6.07) is 1.42. The van der Waals surface area contributed by atoms with E-state index in [-0.39, 0.29) is 18.5 Å². The molecule has 1 amide bonds. The summed E-state index contributed by atoms with van der Waals surface area (Å²) in [5.74, 6) is 0.481. The minimum atomic E-state index is -0.688. The van der Waals surface area contributed by atoms with Gasteiger partial charge in [0.05, 0.1) is 17.8 Å². The molecule has 28 heavy (non-hydrogen) atoms. The summed E-state index contributed by atoms with van der Waals surface area (Å²) < 4.78 is 6.53. The maximum Gasteiger partial charge on any atom is 0.348 e. The summed E-state index contributed by atoms with van der Waals surface area (Å²) in [5, 5.41) is 17.3. The van der Waals surface area contributed by atoms with Crippen LogP contribution in [0.5, 0.6) is 0 Å². The number of carbonyl (C=O) groups excluding carboxylic acids is 1. The molecule has 0 radical (unpaired) electrons. The van der Waals surface area contributed by atoms with E-state index in [1.807, 2.05) is 13.8 Å². The van der Waals surface area contributed by atoms with Gasteiger partial charge in [-0.05, 0) is 40.2 Å². The monoisotopic (exact) mass is 389 g/mol. The minimum absolute atomic E-state index is 0.107. The highest BCUT2D eigenvalue weighted by molar-refractivity contribution is 5.76. The maximum atomic E-state index is 12.4. The van der Waals surface area contributed by atoms with E-state index in [2.05, 4.69) is 20.4 Å². The molecule has 3 heterocycles. The second-order valence-electron chi connectivity index (χ2n) is 7.48. The number of likely N-dealkylation sites (tertiary alicyclic amines) is 1. The molecule has 2 aromatic rings. The molecule has 1 fully saturated rings. The predicted octanol–water partition coefficient (Wildman–Crippen LogP) is 0.217. The first-order valence-electron chi connectivity index (χ1n) is 9.41. The van der Waals surface area contributed by atoms with Crippen LogP contribution in [0.1, 0.15) is 34.8 Å². The fourth-order valence-electron chi connectivity index (χ4n) is 3.62. The number of aliphatic hydroxyl groups excluding tert-OH is 1. The fourth-order valence-corrected chi connectivity index (χ4v) is 3.62. The molecule has 2 aromatic heterocycles. The molecule has 1 aliphatic heterocycles. The van der Waals surface area contributed by atoms with E-state index in [0.717, 1.165) is 23.6 Å². The molecule has 0 aromatic carbocycles. The van der Waals surface area contributed by atoms with Crippen LogP contribution in [0.2, 0.25) is 0 Å². The Morgan fingerprint density at radius 2 is 2.11 bits per heavy atom. The molecule has 152 valence electrons. The van der Waals surface area contributed by atoms with Gasteiger partial charge in [-0.1, -0.05) is 5.16 Å². The van der Waals surface area contributed by atoms with E-state index in [1.54, 1.807) is 19.9 Å². The van der Waals surface area contributed by atoms with Gasteiger partial charge in [0.25, 0.3) is 0 Å². The van der Waals surface area contributed by atoms with Gasteiger partial charge in [-0.2, -0.15) is 4.98 Å². The van der Waals surface area contributed by atoms with Crippen molar-refractivity contribution < 1.29 is 14.4 Å². The lowest BCUT2D eigenvalue weighted by Gasteiger charge is -2.36. The number of rotatable bonds is 5. The Bertz CT molecular complexity index is 900. The van der Waals surface area contributed by atoms with E-state index in [4.69, 9.17) is 4.52 Å². The number of aryl methyl sites for hydroxylation is 4. The first-order chi connectivity index (χ1) is 13.2. The molecule has 9 nitrogen and oxygen atoms in total. The zero-order valence-electron chi connectivity index (χ0n) is 16.7. The van der Waals surface area contributed by atoms with Crippen LogP contribution in [0.3, 0.4) is 0 Å². The summed E-state index contributed by atoms with van der Waals surface area (Å²) in [5.41, 5.74) is 2.76. The molecule has 0 bridgehead atoms. The van der Waals surface area contributed by atoms with Gasteiger partial charge in [0.1, 0.15) is 12.3 Å². The van der Waals surface area contributed by atoms with Crippen molar-refractivity contribution in [3.05, 3.63) is 45.0 Å². The van der Waals surface area contributed by atoms with Crippen LogP contribution >= 0.6 is 0 Å². The zero-order chi connectivity index (χ0) is 20.4. The summed E-state index contributed by atoms with van der Waals surface area (Å²) in [6.07, 6.45) is -0.0665. The van der Waals surface area contributed by atoms with Crippen molar-refractivity contribution in [1.82, 2.24) is 24.9 Å². The average molecular weight is 389 g/mol. The molecule has 1 saturated heterocycles. The fraction of sp³-hybridized carbons (Fsp3) is 0.579. The lowest BCUT2D eigenvalue weighted by atomic mass is 10.0. The van der Waals surface area contributed by atoms with Gasteiger partial charge in [0.2, 0.25) is 5.91 Å². The van der Waals surface area contributed by atoms with E-state index in [9.17, 15) is 14.7 Å². The second-order valence-corrected chi connectivity index (χ2v) is 7.48. The average Bonchev–Trinajstić information content (AvgIpc) is 2.92. The molecule has 9 heteroatoms. The van der Waals surface area contributed by atoms with Gasteiger partial charge in [0.15, 0.2) is 0 Å². The van der Waals surface area contributed by atoms with Crippen LogP contribution in [0, 0.1) is 27.7 Å². The second kappa shape index (κ2) is 8.24. The molecule has 1 aliphatic rings. The van der Waals surface area contributed by atoms with E-state index in [1.165, 1.54) is 4.57 Å². The first-order valence-corrected chi connectivity index (χ1v) is 9.41. The number of nitrogens with one attached hydrogen (secondary N) is 1. The SMILES string of the molecule is Cc1cc(C)n(CC(=O)N[C@@H]2CCN(Cc3c(C)noc3C)C[C@H]2O)c(=O)n1. The van der Waals surface area contributed by atoms with Gasteiger partial charge in [-0.15, -0.1) is 0 Å². The van der Waals surface area contributed by atoms with Crippen LogP contribution < -0.4 is 11.0 Å². The minimum Gasteiger partial charge on any atom is -0.390 e. The van der Waals surface area contributed by atoms with E-state index >= 15 is 0 Å². The molecule has 0 spiro atoms. The normalized spacial score (nSPS) is 20.3. The number of amides is 1. The molecular formula is C19H27N5O4. The Morgan fingerprint density at radius 3 is 2.71 bits per heavy atom. The van der Waals surface area contributed by atoms with Crippen molar-refractivity contribution in [2.75, 3.05) is 13.1 Å². The topological polar surface area (TPSA) is 113 Å². The highest BCUT2D eigenvalue weighted by atomic mass is 16.5. The van der Waals surface area contributed by atoms with Gasteiger partial charge in [0, 0.05) is 36.6 Å². The van der Waals surface area contributed by atoms with Gasteiger partial charge < -0.3 is 14.9 Å². The Balaban J connectivity index is 1.56. The molecular weight excluding hydrogens is 362 g/mol. The number of piperidine rings is 1. The van der Waals surface area contributed by atoms with Crippen LogP contribution in [0.15, 0.2) is 15.4 Å². The summed E-state index contributed by atoms with van der Waals surface area (Å²) in [7, 11) is 0. The molecule has 0 aliphatic carbocycles. The van der Waals surface area contributed by atoms with Crippen molar-refractivity contribution in [2.24, 2.45) is 0 Å². The Kier molecular flexibility index (Phi) is 5.95. The first kappa shape index (κ1) is 20.2. The third-order valence-corrected chi connectivity index (χ3v) is 5.22. The third kappa shape index (κ3) is 4.48. The van der Waals surface area contributed by atoms with Gasteiger partial charge in [-0.3, -0.25) is 14.3 Å². The highest BCUT2D eigenvalue weighted by Gasteiger charge is 2.29. The lowest BCUT2D eigenvalue weighted by Crippen LogP contribution is -2.54. The quantitative estimate of drug-likeness (QED) is 0.752. The third-order valence-electron chi connectivity index (χ3n) is 5.22. The molecule has 0 unspecified atom stereocenters. The largest absolute Gasteiger partial charge is 0.390 e. The standard InChI is InChI=1S/C19H27N5O4/c1-11-7-12(2)24(19(27)20-11)10-18(26)21-16-5-6-23(9-17(16)25)8-15-13(3)22-28-14(15)4/h7,16-17,25H,5-6,8-10H2,1-4H3,(H,21,26)/t16-,17-/m1/s1. The molecule has 2 atom stereocenters. The zero-order valence-corrected chi connectivity index (χ0v) is 16.7. The van der Waals surface area contributed by atoms with Crippen LogP contribution in [-0.2, 0) is 17.9 Å². The van der Waals surface area contributed by atoms with E-state index in [0.29, 0.717) is 30.9 Å². The molecule has 2 N–H and O–H groups in total. The lowest BCUT2D eigenvalue weighted by molar-refractivity contribution is -0.124. The molecule has 3 rings (SSSR count). The van der Waals surface area contributed by atoms with Crippen molar-refractivity contribution in [3.63, 3.8) is 0 Å². The van der Waals surface area contributed by atoms with Crippen LogP contribution in [0.25, 0.3) is 0 Å². The number of carbonyl (C=O) groups is 1. The maximum absolute atomic E-state index is 12.4. The number of nitrogens with zero attached hydrogens (tertiary/aromatic N) is 4. The van der Waals surface area contributed by atoms with Crippen molar-refractivity contribution in [2.45, 2.75) is 59.4 Å². The smallest absolute Gasteiger partial charge is 0.348 e. The Hall–Kier alpha value is -2.52. The Morgan fingerprint density at radius 1 is 1.36 bits per heavy atom. The van der Waals surface area contributed by atoms with Crippen molar-refractivity contribution in [1.29, 1.82) is 0 Å². The summed E-state index contributed by atoms with van der Waals surface area (Å²) >= 11 is 0. The number of hydrogen-bond acceptors (Lipinski definition) is 7. The highest BCUT2D eigenvalue weighted by Crippen LogP contribution is 2.19. The van der Waals surface area contributed by atoms with Crippen molar-refractivity contribution >= 4 is 5.91 Å². The molecule has 0 saturated carbocycles. The number of hydrogen-bond donors (Lipinski definition) is 2. The van der Waals surface area contributed by atoms with E-state index < -0.39 is 11.8 Å². The van der Waals surface area contributed by atoms with Gasteiger partial charge in [-0.25, -0.2) is 4.79 Å². The Labute approximate surface area is 163 Å². The van der Waals surface area contributed by atoms with Crippen LogP contribution in [0.4, 0.5) is 0 Å². The summed E-state index contributed by atoms with van der Waals surface area (Å²) in [4.78, 5) is 30.4. The van der Waals surface area contributed by atoms with Crippen molar-refractivity contribution in [3.8, 4) is 0 Å².